The van der Waals surface area contributed by atoms with E-state index in [-0.39, 0.29) is 17.5 Å². The number of tetrazole rings is 1. The van der Waals surface area contributed by atoms with Crippen molar-refractivity contribution >= 4 is 17.7 Å². The van der Waals surface area contributed by atoms with E-state index < -0.39 is 0 Å². The Hall–Kier alpha value is -2.74. The Morgan fingerprint density at radius 2 is 1.85 bits per heavy atom. The predicted octanol–water partition coefficient (Wildman–Crippen LogP) is 2.87. The largest absolute Gasteiger partial charge is 0.355 e. The number of amides is 1. The minimum Gasteiger partial charge on any atom is -0.355 e. The summed E-state index contributed by atoms with van der Waals surface area (Å²) >= 11 is 1.29. The van der Waals surface area contributed by atoms with Gasteiger partial charge in [0.1, 0.15) is 5.82 Å². The number of benzene rings is 2. The number of aryl methyl sites for hydroxylation is 2. The first-order valence-corrected chi connectivity index (χ1v) is 9.52. The molecular weight excluding hydrogens is 365 g/mol. The first-order chi connectivity index (χ1) is 13.0. The van der Waals surface area contributed by atoms with Gasteiger partial charge in [-0.05, 0) is 59.5 Å². The van der Waals surface area contributed by atoms with Crippen LogP contribution in [0.4, 0.5) is 4.39 Å². The Balaban J connectivity index is 1.54. The average molecular weight is 385 g/mol. The van der Waals surface area contributed by atoms with Gasteiger partial charge >= 0.3 is 0 Å². The summed E-state index contributed by atoms with van der Waals surface area (Å²) in [6.07, 6.45) is 0.650. The molecule has 1 N–H and O–H groups in total. The number of carbonyl (C=O) groups is 1. The van der Waals surface area contributed by atoms with E-state index >= 15 is 0 Å². The molecule has 0 unspecified atom stereocenters. The lowest BCUT2D eigenvalue weighted by Crippen LogP contribution is -2.27. The van der Waals surface area contributed by atoms with Crippen molar-refractivity contribution in [2.45, 2.75) is 25.4 Å². The standard InChI is InChI=1S/C19H20FN5OS/c1-13-4-3-5-14(2)18(13)25-19(22-23-24-25)27-12-17(26)21-11-10-15-6-8-16(20)9-7-15/h3-9H,10-12H2,1-2H3,(H,21,26). The number of carbonyl (C=O) groups excluding carboxylic acids is 1. The van der Waals surface area contributed by atoms with Crippen LogP contribution in [0.3, 0.4) is 0 Å². The van der Waals surface area contributed by atoms with Crippen molar-refractivity contribution in [1.82, 2.24) is 25.5 Å². The smallest absolute Gasteiger partial charge is 0.230 e. The van der Waals surface area contributed by atoms with E-state index in [2.05, 4.69) is 20.8 Å². The third kappa shape index (κ3) is 4.91. The van der Waals surface area contributed by atoms with Gasteiger partial charge in [-0.1, -0.05) is 42.1 Å². The van der Waals surface area contributed by atoms with Crippen LogP contribution in [0.1, 0.15) is 16.7 Å². The number of aromatic nitrogens is 4. The number of halogens is 1. The number of hydrogen-bond acceptors (Lipinski definition) is 5. The maximum atomic E-state index is 12.9. The van der Waals surface area contributed by atoms with Gasteiger partial charge in [-0.3, -0.25) is 4.79 Å². The summed E-state index contributed by atoms with van der Waals surface area (Å²) in [6.45, 7) is 4.49. The molecule has 3 aromatic rings. The van der Waals surface area contributed by atoms with E-state index in [9.17, 15) is 9.18 Å². The van der Waals surface area contributed by atoms with Crippen molar-refractivity contribution in [3.8, 4) is 5.69 Å². The Morgan fingerprint density at radius 3 is 2.56 bits per heavy atom. The van der Waals surface area contributed by atoms with Gasteiger partial charge in [-0.2, -0.15) is 4.68 Å². The first-order valence-electron chi connectivity index (χ1n) is 8.53. The van der Waals surface area contributed by atoms with E-state index in [1.54, 1.807) is 16.8 Å². The van der Waals surface area contributed by atoms with E-state index in [4.69, 9.17) is 0 Å². The lowest BCUT2D eigenvalue weighted by molar-refractivity contribution is -0.118. The molecular formula is C19H20FN5OS. The molecule has 140 valence electrons. The van der Waals surface area contributed by atoms with Crippen LogP contribution in [-0.4, -0.2) is 38.4 Å². The van der Waals surface area contributed by atoms with Crippen LogP contribution >= 0.6 is 11.8 Å². The second-order valence-electron chi connectivity index (χ2n) is 6.13. The van der Waals surface area contributed by atoms with Gasteiger partial charge < -0.3 is 5.32 Å². The highest BCUT2D eigenvalue weighted by molar-refractivity contribution is 7.99. The molecule has 0 aliphatic heterocycles. The molecule has 0 aliphatic rings. The molecule has 0 saturated carbocycles. The van der Waals surface area contributed by atoms with E-state index in [1.165, 1.54) is 23.9 Å². The molecule has 0 bridgehead atoms. The summed E-state index contributed by atoms with van der Waals surface area (Å²) < 4.78 is 14.6. The zero-order valence-corrected chi connectivity index (χ0v) is 16.0. The van der Waals surface area contributed by atoms with Crippen LogP contribution in [-0.2, 0) is 11.2 Å². The molecule has 0 atom stereocenters. The normalized spacial score (nSPS) is 10.8. The fraction of sp³-hybridized carbons (Fsp3) is 0.263. The zero-order valence-electron chi connectivity index (χ0n) is 15.1. The maximum Gasteiger partial charge on any atom is 0.230 e. The SMILES string of the molecule is Cc1cccc(C)c1-n1nnnc1SCC(=O)NCCc1ccc(F)cc1. The first kappa shape index (κ1) is 19.0. The van der Waals surface area contributed by atoms with Crippen molar-refractivity contribution in [2.75, 3.05) is 12.3 Å². The number of nitrogens with zero attached hydrogens (tertiary/aromatic N) is 4. The van der Waals surface area contributed by atoms with Gasteiger partial charge in [-0.15, -0.1) is 5.10 Å². The monoisotopic (exact) mass is 385 g/mol. The minimum atomic E-state index is -0.263. The van der Waals surface area contributed by atoms with Gasteiger partial charge in [0.05, 0.1) is 11.4 Å². The van der Waals surface area contributed by atoms with Gasteiger partial charge in [0.25, 0.3) is 0 Å². The van der Waals surface area contributed by atoms with Crippen molar-refractivity contribution in [3.63, 3.8) is 0 Å². The van der Waals surface area contributed by atoms with Crippen LogP contribution in [0, 0.1) is 19.7 Å². The molecule has 0 aliphatic carbocycles. The maximum absolute atomic E-state index is 12.9. The third-order valence-corrected chi connectivity index (χ3v) is 4.99. The molecule has 0 spiro atoms. The van der Waals surface area contributed by atoms with Gasteiger partial charge in [0.2, 0.25) is 11.1 Å². The lowest BCUT2D eigenvalue weighted by Gasteiger charge is -2.10. The van der Waals surface area contributed by atoms with Crippen LogP contribution < -0.4 is 5.32 Å². The number of nitrogens with one attached hydrogen (secondary N) is 1. The van der Waals surface area contributed by atoms with Crippen LogP contribution in [0.5, 0.6) is 0 Å². The highest BCUT2D eigenvalue weighted by Gasteiger charge is 2.14. The molecule has 0 fully saturated rings. The minimum absolute atomic E-state index is 0.0989. The van der Waals surface area contributed by atoms with Gasteiger partial charge in [0.15, 0.2) is 0 Å². The summed E-state index contributed by atoms with van der Waals surface area (Å²) in [6, 6.07) is 12.3. The number of hydrogen-bond donors (Lipinski definition) is 1. The Kier molecular flexibility index (Phi) is 6.18. The van der Waals surface area contributed by atoms with Crippen molar-refractivity contribution in [1.29, 1.82) is 0 Å². The van der Waals surface area contributed by atoms with E-state index in [0.717, 1.165) is 22.4 Å². The predicted molar refractivity (Wildman–Crippen MR) is 102 cm³/mol. The third-order valence-electron chi connectivity index (χ3n) is 4.07. The topological polar surface area (TPSA) is 72.7 Å². The zero-order chi connectivity index (χ0) is 19.2. The second-order valence-corrected chi connectivity index (χ2v) is 7.07. The molecule has 0 radical (unpaired) electrons. The molecule has 27 heavy (non-hydrogen) atoms. The van der Waals surface area contributed by atoms with Crippen LogP contribution in [0.25, 0.3) is 5.69 Å². The number of para-hydroxylation sites is 1. The Labute approximate surface area is 161 Å². The highest BCUT2D eigenvalue weighted by atomic mass is 32.2. The number of thioether (sulfide) groups is 1. The van der Waals surface area contributed by atoms with Crippen LogP contribution in [0.2, 0.25) is 0 Å². The second kappa shape index (κ2) is 8.77. The van der Waals surface area contributed by atoms with Crippen molar-refractivity contribution in [3.05, 3.63) is 65.0 Å². The molecule has 3 rings (SSSR count). The van der Waals surface area contributed by atoms with Gasteiger partial charge in [0, 0.05) is 6.54 Å². The summed E-state index contributed by atoms with van der Waals surface area (Å²) in [5.74, 6) is -0.145. The summed E-state index contributed by atoms with van der Waals surface area (Å²) in [4.78, 5) is 12.1. The summed E-state index contributed by atoms with van der Waals surface area (Å²) in [7, 11) is 0. The molecule has 0 saturated heterocycles. The molecule has 2 aromatic carbocycles. The fourth-order valence-corrected chi connectivity index (χ4v) is 3.43. The quantitative estimate of drug-likeness (QED) is 0.633. The van der Waals surface area contributed by atoms with Gasteiger partial charge in [-0.25, -0.2) is 4.39 Å². The summed E-state index contributed by atoms with van der Waals surface area (Å²) in [5, 5.41) is 15.3. The Morgan fingerprint density at radius 1 is 1.15 bits per heavy atom. The van der Waals surface area contributed by atoms with E-state index in [0.29, 0.717) is 18.1 Å². The molecule has 1 heterocycles. The van der Waals surface area contributed by atoms with E-state index in [1.807, 2.05) is 32.0 Å². The van der Waals surface area contributed by atoms with Crippen LogP contribution in [0.15, 0.2) is 47.6 Å². The summed E-state index contributed by atoms with van der Waals surface area (Å²) in [5.41, 5.74) is 4.03. The fourth-order valence-electron chi connectivity index (χ4n) is 2.73. The molecule has 6 nitrogen and oxygen atoms in total. The molecule has 1 aromatic heterocycles. The Bertz CT molecular complexity index is 906. The van der Waals surface area contributed by atoms with Crippen molar-refractivity contribution in [2.24, 2.45) is 0 Å². The number of rotatable bonds is 7. The highest BCUT2D eigenvalue weighted by Crippen LogP contribution is 2.23. The lowest BCUT2D eigenvalue weighted by atomic mass is 10.1. The molecule has 8 heteroatoms. The molecule has 1 amide bonds. The average Bonchev–Trinajstić information content (AvgIpc) is 3.10. The van der Waals surface area contributed by atoms with Crippen molar-refractivity contribution < 1.29 is 9.18 Å².